The zero-order valence-corrected chi connectivity index (χ0v) is 7.46. The molecule has 0 unspecified atom stereocenters. The van der Waals surface area contributed by atoms with Crippen molar-refractivity contribution in [1.29, 1.82) is 5.26 Å². The Morgan fingerprint density at radius 3 is 2.77 bits per heavy atom. The molecule has 1 aromatic rings. The molecular weight excluding hydrogens is 159 g/mol. The molecule has 1 aromatic carbocycles. The van der Waals surface area contributed by atoms with E-state index in [2.05, 4.69) is 11.9 Å². The Hall–Kier alpha value is -1.69. The summed E-state index contributed by atoms with van der Waals surface area (Å²) >= 11 is 0. The molecule has 0 bridgehead atoms. The third-order valence-corrected chi connectivity index (χ3v) is 1.81. The third kappa shape index (κ3) is 1.73. The molecule has 62 valence electrons. The molecule has 0 saturated carbocycles. The summed E-state index contributed by atoms with van der Waals surface area (Å²) in [6.45, 7) is 3.65. The Morgan fingerprint density at radius 2 is 2.31 bits per heavy atom. The Balaban J connectivity index is 3.39. The van der Waals surface area contributed by atoms with Crippen LogP contribution in [0.3, 0.4) is 0 Å². The number of nitrogens with zero attached hydrogens (tertiary/aromatic N) is 1. The Morgan fingerprint density at radius 1 is 1.62 bits per heavy atom. The molecular formula is C10H9BN2. The van der Waals surface area contributed by atoms with Crippen LogP contribution in [0.4, 0.5) is 5.69 Å². The van der Waals surface area contributed by atoms with Crippen LogP contribution < -0.4 is 10.8 Å². The van der Waals surface area contributed by atoms with Crippen molar-refractivity contribution >= 4 is 25.1 Å². The summed E-state index contributed by atoms with van der Waals surface area (Å²) in [5.74, 6) is 0. The first kappa shape index (κ1) is 9.40. The highest BCUT2D eigenvalue weighted by Crippen LogP contribution is 2.15. The van der Waals surface area contributed by atoms with E-state index >= 15 is 0 Å². The second-order valence-electron chi connectivity index (χ2n) is 2.59. The highest BCUT2D eigenvalue weighted by molar-refractivity contribution is 6.35. The molecule has 13 heavy (non-hydrogen) atoms. The number of rotatable bonds is 2. The first-order valence-electron chi connectivity index (χ1n) is 3.86. The summed E-state index contributed by atoms with van der Waals surface area (Å²) < 4.78 is 0. The lowest BCUT2D eigenvalue weighted by molar-refractivity contribution is 1.46. The van der Waals surface area contributed by atoms with Crippen molar-refractivity contribution in [2.75, 3.05) is 12.4 Å². The van der Waals surface area contributed by atoms with Gasteiger partial charge in [0.15, 0.2) is 0 Å². The van der Waals surface area contributed by atoms with Crippen LogP contribution in [0.2, 0.25) is 0 Å². The lowest BCUT2D eigenvalue weighted by Crippen LogP contribution is -2.10. The van der Waals surface area contributed by atoms with Crippen molar-refractivity contribution in [3.05, 3.63) is 29.8 Å². The topological polar surface area (TPSA) is 35.8 Å². The molecule has 0 heterocycles. The maximum atomic E-state index is 8.69. The number of hydrogen-bond acceptors (Lipinski definition) is 2. The van der Waals surface area contributed by atoms with Crippen LogP contribution in [-0.4, -0.2) is 14.9 Å². The summed E-state index contributed by atoms with van der Waals surface area (Å²) in [6.07, 6.45) is 1.67. The van der Waals surface area contributed by atoms with E-state index in [0.717, 1.165) is 11.3 Å². The largest absolute Gasteiger partial charge is 0.388 e. The highest BCUT2D eigenvalue weighted by Gasteiger charge is 2.02. The number of hydrogen-bond donors (Lipinski definition) is 1. The lowest BCUT2D eigenvalue weighted by Gasteiger charge is -2.09. The number of nitriles is 1. The maximum Gasteiger partial charge on any atom is 0.114 e. The van der Waals surface area contributed by atoms with Crippen molar-refractivity contribution in [2.24, 2.45) is 0 Å². The monoisotopic (exact) mass is 168 g/mol. The smallest absolute Gasteiger partial charge is 0.114 e. The molecule has 0 atom stereocenters. The molecule has 0 aliphatic carbocycles. The van der Waals surface area contributed by atoms with Crippen LogP contribution in [0.15, 0.2) is 18.7 Å². The molecule has 2 nitrogen and oxygen atoms in total. The predicted octanol–water partition coefficient (Wildman–Crippen LogP) is 1.04. The molecule has 3 heteroatoms. The quantitative estimate of drug-likeness (QED) is 0.669. The van der Waals surface area contributed by atoms with E-state index in [4.69, 9.17) is 13.1 Å². The van der Waals surface area contributed by atoms with E-state index in [1.54, 1.807) is 25.3 Å². The minimum atomic E-state index is 0.549. The molecule has 0 aliphatic rings. The maximum absolute atomic E-state index is 8.69. The minimum Gasteiger partial charge on any atom is -0.388 e. The average molecular weight is 168 g/mol. The molecule has 1 N–H and O–H groups in total. The van der Waals surface area contributed by atoms with Crippen molar-refractivity contribution in [3.8, 4) is 6.07 Å². The van der Waals surface area contributed by atoms with Gasteiger partial charge in [-0.2, -0.15) is 5.26 Å². The van der Waals surface area contributed by atoms with Gasteiger partial charge in [-0.1, -0.05) is 24.2 Å². The molecule has 2 radical (unpaired) electrons. The van der Waals surface area contributed by atoms with E-state index in [0.29, 0.717) is 11.0 Å². The van der Waals surface area contributed by atoms with Gasteiger partial charge in [-0.05, 0) is 11.6 Å². The van der Waals surface area contributed by atoms with Crippen LogP contribution in [0.25, 0.3) is 6.08 Å². The van der Waals surface area contributed by atoms with Gasteiger partial charge >= 0.3 is 0 Å². The Kier molecular flexibility index (Phi) is 2.76. The number of nitrogens with one attached hydrogen (secondary N) is 1. The first-order valence-corrected chi connectivity index (χ1v) is 3.86. The van der Waals surface area contributed by atoms with Gasteiger partial charge in [0.1, 0.15) is 7.85 Å². The lowest BCUT2D eigenvalue weighted by atomic mass is 9.88. The van der Waals surface area contributed by atoms with Crippen LogP contribution in [0.5, 0.6) is 0 Å². The van der Waals surface area contributed by atoms with Crippen molar-refractivity contribution in [3.63, 3.8) is 0 Å². The molecule has 0 amide bonds. The van der Waals surface area contributed by atoms with Crippen molar-refractivity contribution < 1.29 is 0 Å². The summed E-state index contributed by atoms with van der Waals surface area (Å²) in [7, 11) is 7.50. The summed E-state index contributed by atoms with van der Waals surface area (Å²) in [5.41, 5.74) is 2.78. The fourth-order valence-electron chi connectivity index (χ4n) is 1.17. The van der Waals surface area contributed by atoms with E-state index in [9.17, 15) is 0 Å². The summed E-state index contributed by atoms with van der Waals surface area (Å²) in [5, 5.41) is 11.6. The van der Waals surface area contributed by atoms with Gasteiger partial charge < -0.3 is 5.32 Å². The van der Waals surface area contributed by atoms with Gasteiger partial charge in [0, 0.05) is 12.7 Å². The summed E-state index contributed by atoms with van der Waals surface area (Å²) in [4.78, 5) is 0. The van der Waals surface area contributed by atoms with Crippen molar-refractivity contribution in [1.82, 2.24) is 0 Å². The minimum absolute atomic E-state index is 0.549. The second kappa shape index (κ2) is 3.82. The third-order valence-electron chi connectivity index (χ3n) is 1.81. The van der Waals surface area contributed by atoms with Gasteiger partial charge in [0.2, 0.25) is 0 Å². The molecule has 0 aliphatic heterocycles. The second-order valence-corrected chi connectivity index (χ2v) is 2.59. The van der Waals surface area contributed by atoms with Crippen LogP contribution in [-0.2, 0) is 0 Å². The molecule has 0 saturated heterocycles. The zero-order valence-electron chi connectivity index (χ0n) is 7.46. The van der Waals surface area contributed by atoms with E-state index in [1.165, 1.54) is 0 Å². The van der Waals surface area contributed by atoms with E-state index < -0.39 is 0 Å². The van der Waals surface area contributed by atoms with Crippen LogP contribution in [0, 0.1) is 11.3 Å². The molecule has 0 fully saturated rings. The normalized spacial score (nSPS) is 8.92. The van der Waals surface area contributed by atoms with Gasteiger partial charge in [0.25, 0.3) is 0 Å². The number of benzene rings is 1. The average Bonchev–Trinajstić information content (AvgIpc) is 2.16. The van der Waals surface area contributed by atoms with Gasteiger partial charge in [0.05, 0.1) is 11.6 Å². The molecule has 1 rings (SSSR count). The Labute approximate surface area is 79.3 Å². The molecule has 0 spiro atoms. The Bertz CT molecular complexity index is 377. The molecule has 0 aromatic heterocycles. The van der Waals surface area contributed by atoms with E-state index in [1.807, 2.05) is 6.07 Å². The standard InChI is InChI=1S/C10H9BN2/c1-3-8-9(11)4-7(6-12)5-10(8)13-2/h3-5,13H,1H2,2H3. The van der Waals surface area contributed by atoms with Gasteiger partial charge in [-0.25, -0.2) is 0 Å². The first-order chi connectivity index (χ1) is 6.22. The van der Waals surface area contributed by atoms with Crippen molar-refractivity contribution in [2.45, 2.75) is 0 Å². The highest BCUT2D eigenvalue weighted by atomic mass is 14.8. The van der Waals surface area contributed by atoms with E-state index in [-0.39, 0.29) is 0 Å². The fraction of sp³-hybridized carbons (Fsp3) is 0.100. The summed E-state index contributed by atoms with van der Waals surface area (Å²) in [6, 6.07) is 5.42. The SMILES string of the molecule is [B]c1cc(C#N)cc(NC)c1C=C. The van der Waals surface area contributed by atoms with Gasteiger partial charge in [-0.15, -0.1) is 0 Å². The predicted molar refractivity (Wildman–Crippen MR) is 56.2 cm³/mol. The van der Waals surface area contributed by atoms with Crippen LogP contribution in [0.1, 0.15) is 11.1 Å². The van der Waals surface area contributed by atoms with Gasteiger partial charge in [-0.3, -0.25) is 0 Å². The zero-order chi connectivity index (χ0) is 9.84. The fourth-order valence-corrected chi connectivity index (χ4v) is 1.17. The number of anilines is 1. The van der Waals surface area contributed by atoms with Crippen LogP contribution >= 0.6 is 0 Å².